The Kier molecular flexibility index (Phi) is 61.1. The van der Waals surface area contributed by atoms with Gasteiger partial charge < -0.3 is 14.2 Å². The smallest absolute Gasteiger partial charge is 0.309 e. The van der Waals surface area contributed by atoms with Gasteiger partial charge in [-0.3, -0.25) is 14.4 Å². The van der Waals surface area contributed by atoms with Crippen LogP contribution in [0.2, 0.25) is 0 Å². The number of esters is 3. The van der Waals surface area contributed by atoms with Gasteiger partial charge in [-0.05, 0) is 154 Å². The van der Waals surface area contributed by atoms with Gasteiger partial charge in [0.15, 0.2) is 6.10 Å². The zero-order valence-corrected chi connectivity index (χ0v) is 50.9. The molecule has 446 valence electrons. The minimum Gasteiger partial charge on any atom is -0.462 e. The molecule has 0 aliphatic heterocycles. The summed E-state index contributed by atoms with van der Waals surface area (Å²) in [6, 6.07) is 0. The van der Waals surface area contributed by atoms with Crippen molar-refractivity contribution < 1.29 is 28.6 Å². The summed E-state index contributed by atoms with van der Waals surface area (Å²) < 4.78 is 16.7. The molecule has 0 aromatic heterocycles. The van der Waals surface area contributed by atoms with Crippen LogP contribution in [0.4, 0.5) is 0 Å². The highest BCUT2D eigenvalue weighted by atomic mass is 16.6. The SMILES string of the molecule is CC/C=C\C/C=C\C/C=C\C/C=C\C/C=C\C/C=C\C/C=C\C/C=C\CCCCC(=O)OCC(COC(=O)C/C=C\C/C=C\C/C=C\C/C=C\C/C=C\CC)OC(=O)CCCCCCC/C=C\C/C=C\C/C=C\C/C=C\C/C=C\CC. The van der Waals surface area contributed by atoms with Crippen molar-refractivity contribution in [3.63, 3.8) is 0 Å². The Hall–Kier alpha value is -6.27. The predicted molar refractivity (Wildman–Crippen MR) is 352 cm³/mol. The van der Waals surface area contributed by atoms with Crippen LogP contribution in [0.5, 0.6) is 0 Å². The zero-order valence-electron chi connectivity index (χ0n) is 50.9. The van der Waals surface area contributed by atoms with Gasteiger partial charge in [0.05, 0.1) is 6.42 Å². The first-order valence-electron chi connectivity index (χ1n) is 31.2. The Labute approximate surface area is 495 Å². The molecule has 0 aromatic carbocycles. The molecule has 0 radical (unpaired) electrons. The fraction of sp³-hybridized carbons (Fsp3) is 0.480. The Morgan fingerprint density at radius 3 is 0.827 bits per heavy atom. The number of unbranched alkanes of at least 4 members (excludes halogenated alkanes) is 7. The van der Waals surface area contributed by atoms with Gasteiger partial charge in [-0.2, -0.15) is 0 Å². The van der Waals surface area contributed by atoms with Crippen molar-refractivity contribution in [1.82, 2.24) is 0 Å². The van der Waals surface area contributed by atoms with E-state index in [0.717, 1.165) is 154 Å². The van der Waals surface area contributed by atoms with Crippen LogP contribution in [0, 0.1) is 0 Å². The zero-order chi connectivity index (χ0) is 58.5. The van der Waals surface area contributed by atoms with Gasteiger partial charge in [0, 0.05) is 12.8 Å². The minimum absolute atomic E-state index is 0.101. The van der Waals surface area contributed by atoms with E-state index < -0.39 is 12.1 Å². The maximum absolute atomic E-state index is 12.9. The second kappa shape index (κ2) is 66.2. The number of hydrogen-bond donors (Lipinski definition) is 0. The third kappa shape index (κ3) is 64.4. The second-order valence-corrected chi connectivity index (χ2v) is 19.5. The van der Waals surface area contributed by atoms with Gasteiger partial charge in [-0.25, -0.2) is 0 Å². The summed E-state index contributed by atoms with van der Waals surface area (Å²) in [5.74, 6) is -1.16. The first-order chi connectivity index (χ1) is 40.0. The molecule has 6 heteroatoms. The van der Waals surface area contributed by atoms with Crippen molar-refractivity contribution in [3.8, 4) is 0 Å². The van der Waals surface area contributed by atoms with E-state index in [-0.39, 0.29) is 44.4 Å². The third-order valence-electron chi connectivity index (χ3n) is 12.0. The second-order valence-electron chi connectivity index (χ2n) is 19.5. The predicted octanol–water partition coefficient (Wildman–Crippen LogP) is 21.8. The molecule has 0 aromatic rings. The highest BCUT2D eigenvalue weighted by Crippen LogP contribution is 2.11. The quantitative estimate of drug-likeness (QED) is 0.0261. The van der Waals surface area contributed by atoms with E-state index in [2.05, 4.69) is 227 Å². The van der Waals surface area contributed by atoms with Crippen molar-refractivity contribution in [2.75, 3.05) is 13.2 Å². The third-order valence-corrected chi connectivity index (χ3v) is 12.0. The maximum atomic E-state index is 12.9. The van der Waals surface area contributed by atoms with Gasteiger partial charge in [-0.1, -0.05) is 259 Å². The maximum Gasteiger partial charge on any atom is 0.309 e. The molecule has 0 amide bonds. The standard InChI is InChI=1S/C75H110O6/c1-4-7-10-13-16-19-22-25-28-30-32-34-35-36-37-38-39-41-42-44-47-50-53-56-59-62-65-68-74(77)80-71-72(70-79-73(76)67-64-61-58-55-52-49-46-27-24-21-18-15-12-9-6-3)81-75(78)69-66-63-60-57-54-51-48-45-43-40-33-31-29-26-23-20-17-14-11-8-5-2/h7-12,16-21,25-29,32-34,36-37,39-41,44-48,52-53,55-56,61,64,72H,4-6,13-15,22-24,30-31,35,38,42-43,49-51,54,57-60,62-63,65-71H2,1-3H3/b10-7-,11-8-,12-9-,19-16-,20-17-,21-18-,28-25-,29-26-,34-32-,37-36-,40-33-,41-39-,46-27-,47-44-,48-45-,55-52-,56-53-,64-61-. The molecule has 0 saturated heterocycles. The molecule has 81 heavy (non-hydrogen) atoms. The van der Waals surface area contributed by atoms with Crippen molar-refractivity contribution in [2.24, 2.45) is 0 Å². The molecule has 0 aliphatic carbocycles. The first-order valence-corrected chi connectivity index (χ1v) is 31.2. The van der Waals surface area contributed by atoms with Crippen molar-refractivity contribution in [3.05, 3.63) is 219 Å². The molecular formula is C75H110O6. The number of carbonyl (C=O) groups is 3. The number of carbonyl (C=O) groups excluding carboxylic acids is 3. The van der Waals surface area contributed by atoms with Crippen LogP contribution in [0.3, 0.4) is 0 Å². The van der Waals surface area contributed by atoms with E-state index in [4.69, 9.17) is 14.2 Å². The van der Waals surface area contributed by atoms with E-state index >= 15 is 0 Å². The molecular weight excluding hydrogens is 997 g/mol. The van der Waals surface area contributed by atoms with Crippen LogP contribution in [0.15, 0.2) is 219 Å². The van der Waals surface area contributed by atoms with Crippen molar-refractivity contribution >= 4 is 17.9 Å². The Morgan fingerprint density at radius 1 is 0.259 bits per heavy atom. The van der Waals surface area contributed by atoms with E-state index in [1.165, 1.54) is 0 Å². The molecule has 0 spiro atoms. The topological polar surface area (TPSA) is 78.9 Å². The number of allylic oxidation sites excluding steroid dienone is 35. The lowest BCUT2D eigenvalue weighted by atomic mass is 10.1. The summed E-state index contributed by atoms with van der Waals surface area (Å²) in [5.41, 5.74) is 0. The molecule has 6 nitrogen and oxygen atoms in total. The lowest BCUT2D eigenvalue weighted by Gasteiger charge is -2.18. The van der Waals surface area contributed by atoms with E-state index in [0.29, 0.717) is 19.3 Å². The molecule has 0 aliphatic rings. The van der Waals surface area contributed by atoms with Gasteiger partial charge in [0.25, 0.3) is 0 Å². The Balaban J connectivity index is 4.62. The largest absolute Gasteiger partial charge is 0.462 e. The van der Waals surface area contributed by atoms with Crippen LogP contribution in [0.25, 0.3) is 0 Å². The summed E-state index contributed by atoms with van der Waals surface area (Å²) in [6.07, 6.45) is 104. The summed E-state index contributed by atoms with van der Waals surface area (Å²) in [4.78, 5) is 38.2. The fourth-order valence-corrected chi connectivity index (χ4v) is 7.44. The van der Waals surface area contributed by atoms with Crippen LogP contribution in [0.1, 0.15) is 213 Å². The highest BCUT2D eigenvalue weighted by Gasteiger charge is 2.19. The van der Waals surface area contributed by atoms with Crippen LogP contribution in [-0.2, 0) is 28.6 Å². The number of ether oxygens (including phenoxy) is 3. The molecule has 0 N–H and O–H groups in total. The van der Waals surface area contributed by atoms with E-state index in [9.17, 15) is 14.4 Å². The molecule has 0 heterocycles. The average Bonchev–Trinajstić information content (AvgIpc) is 3.47. The van der Waals surface area contributed by atoms with Crippen LogP contribution in [-0.4, -0.2) is 37.2 Å². The minimum atomic E-state index is -0.863. The molecule has 1 unspecified atom stereocenters. The lowest BCUT2D eigenvalue weighted by Crippen LogP contribution is -2.30. The van der Waals surface area contributed by atoms with Gasteiger partial charge in [0.2, 0.25) is 0 Å². The number of hydrogen-bond acceptors (Lipinski definition) is 6. The monoisotopic (exact) mass is 1110 g/mol. The van der Waals surface area contributed by atoms with E-state index in [1.54, 1.807) is 6.08 Å². The van der Waals surface area contributed by atoms with Gasteiger partial charge in [-0.15, -0.1) is 0 Å². The summed E-state index contributed by atoms with van der Waals surface area (Å²) in [5, 5.41) is 0. The molecule has 0 saturated carbocycles. The summed E-state index contributed by atoms with van der Waals surface area (Å²) >= 11 is 0. The van der Waals surface area contributed by atoms with Crippen LogP contribution < -0.4 is 0 Å². The summed E-state index contributed by atoms with van der Waals surface area (Å²) in [6.45, 7) is 6.13. The van der Waals surface area contributed by atoms with Crippen molar-refractivity contribution in [1.29, 1.82) is 0 Å². The molecule has 0 bridgehead atoms. The number of rotatable bonds is 53. The normalized spacial score (nSPS) is 13.7. The Morgan fingerprint density at radius 2 is 0.494 bits per heavy atom. The Bertz CT molecular complexity index is 2050. The fourth-order valence-electron chi connectivity index (χ4n) is 7.44. The van der Waals surface area contributed by atoms with E-state index in [1.807, 2.05) is 6.08 Å². The highest BCUT2D eigenvalue weighted by molar-refractivity contribution is 5.72. The first kappa shape index (κ1) is 74.7. The molecule has 0 fully saturated rings. The van der Waals surface area contributed by atoms with Crippen LogP contribution >= 0.6 is 0 Å². The van der Waals surface area contributed by atoms with Gasteiger partial charge >= 0.3 is 17.9 Å². The van der Waals surface area contributed by atoms with Gasteiger partial charge in [0.1, 0.15) is 13.2 Å². The lowest BCUT2D eigenvalue weighted by molar-refractivity contribution is -0.166. The average molecular weight is 1110 g/mol. The summed E-state index contributed by atoms with van der Waals surface area (Å²) in [7, 11) is 0. The molecule has 1 atom stereocenters. The van der Waals surface area contributed by atoms with Crippen molar-refractivity contribution in [2.45, 2.75) is 219 Å². The molecule has 0 rings (SSSR count).